The van der Waals surface area contributed by atoms with Crippen molar-refractivity contribution in [1.82, 2.24) is 47.3 Å². The van der Waals surface area contributed by atoms with Crippen molar-refractivity contribution in [1.29, 1.82) is 0 Å². The fourth-order valence-corrected chi connectivity index (χ4v) is 26.1. The minimum atomic E-state index is -3.97. The van der Waals surface area contributed by atoms with E-state index in [-0.39, 0.29) is 82.8 Å². The molecule has 5 aromatic heterocycles. The molecule has 5 aliphatic heterocycles. The van der Waals surface area contributed by atoms with Crippen LogP contribution >= 0.6 is 11.6 Å². The number of rotatable bonds is 21. The monoisotopic (exact) mass is 1910 g/mol. The van der Waals surface area contributed by atoms with Gasteiger partial charge in [0.1, 0.15) is 24.5 Å². The highest BCUT2D eigenvalue weighted by molar-refractivity contribution is 7.94. The molecule has 0 bridgehead atoms. The number of anilines is 5. The summed E-state index contributed by atoms with van der Waals surface area (Å²) in [7, 11) is -10.6. The van der Waals surface area contributed by atoms with Gasteiger partial charge in [0.25, 0.3) is 79.7 Å². The van der Waals surface area contributed by atoms with Crippen LogP contribution in [0.5, 0.6) is 0 Å². The number of likely N-dealkylation sites (tertiary alicyclic amines) is 5. The molecule has 4 N–H and O–H groups in total. The Morgan fingerprint density at radius 2 is 0.534 bits per heavy atom. The molecule has 5 amide bonds. The molecule has 5 fully saturated rings. The molecule has 36 heteroatoms. The second-order valence-electron chi connectivity index (χ2n) is 34.0. The van der Waals surface area contributed by atoms with Gasteiger partial charge < -0.3 is 47.3 Å². The largest absolute Gasteiger partial charge is 0.350 e. The zero-order valence-corrected chi connectivity index (χ0v) is 83.3. The number of nitrogens with one attached hydrogen (secondary N) is 4. The fraction of sp³-hybridized carbons (Fsp3) is 0.421. The Kier molecular flexibility index (Phi) is 31.7. The van der Waals surface area contributed by atoms with Gasteiger partial charge >= 0.3 is 0 Å². The number of carbonyl (C=O) groups is 5. The zero-order valence-electron chi connectivity index (χ0n) is 78.4. The molecule has 131 heavy (non-hydrogen) atoms. The van der Waals surface area contributed by atoms with Crippen molar-refractivity contribution in [2.24, 2.45) is 35.2 Å². The van der Waals surface area contributed by atoms with Crippen LogP contribution in [0.25, 0.3) is 0 Å². The minimum absolute atomic E-state index is 0.0405. The molecule has 10 aromatic rings. The van der Waals surface area contributed by atoms with Crippen molar-refractivity contribution in [3.8, 4) is 0 Å². The molecule has 5 aromatic carbocycles. The van der Waals surface area contributed by atoms with Crippen LogP contribution in [-0.2, 0) is 85.4 Å². The molecular weight excluding hydrogens is 1790 g/mol. The van der Waals surface area contributed by atoms with Crippen LogP contribution in [0.15, 0.2) is 152 Å². The molecule has 0 atom stereocenters. The number of benzene rings is 5. The maximum absolute atomic E-state index is 13.6. The van der Waals surface area contributed by atoms with Gasteiger partial charge in [0.15, 0.2) is 0 Å². The smallest absolute Gasteiger partial charge is 0.266 e. The molecule has 5 aliphatic rings. The number of halogens is 1. The van der Waals surface area contributed by atoms with Crippen LogP contribution in [0.3, 0.4) is 0 Å². The van der Waals surface area contributed by atoms with Crippen LogP contribution in [-0.4, -0.2) is 191 Å². The Morgan fingerprint density at radius 1 is 0.298 bits per heavy atom. The number of aryl methyl sites for hydroxylation is 2. The molecule has 0 spiro atoms. The second kappa shape index (κ2) is 41.4. The second-order valence-corrected chi connectivity index (χ2v) is 42.7. The van der Waals surface area contributed by atoms with Gasteiger partial charge in [0.2, 0.25) is 0 Å². The Morgan fingerprint density at radius 3 is 0.817 bits per heavy atom. The van der Waals surface area contributed by atoms with Crippen molar-refractivity contribution >= 4 is 120 Å². The highest BCUT2D eigenvalue weighted by atomic mass is 35.5. The van der Waals surface area contributed by atoms with Gasteiger partial charge in [0, 0.05) is 175 Å². The van der Waals surface area contributed by atoms with Gasteiger partial charge in [-0.3, -0.25) is 47.2 Å². The van der Waals surface area contributed by atoms with E-state index in [4.69, 9.17) is 11.6 Å². The van der Waals surface area contributed by atoms with E-state index >= 15 is 0 Å². The van der Waals surface area contributed by atoms with E-state index in [1.807, 2.05) is 76.3 Å². The van der Waals surface area contributed by atoms with Gasteiger partial charge in [-0.1, -0.05) is 90.5 Å². The summed E-state index contributed by atoms with van der Waals surface area (Å²) >= 11 is 6.12. The van der Waals surface area contributed by atoms with Crippen molar-refractivity contribution in [3.63, 3.8) is 0 Å². The third kappa shape index (κ3) is 21.0. The summed E-state index contributed by atoms with van der Waals surface area (Å²) in [6.45, 7) is 31.9. The van der Waals surface area contributed by atoms with E-state index in [9.17, 15) is 66.1 Å². The van der Waals surface area contributed by atoms with Gasteiger partial charge in [-0.15, -0.1) is 0 Å². The molecular formula is C95H124ClN15O15S5. The number of amides is 5. The van der Waals surface area contributed by atoms with Crippen molar-refractivity contribution in [2.45, 2.75) is 186 Å². The lowest BCUT2D eigenvalue weighted by Gasteiger charge is -2.24. The SMILES string of the molecule is CCN(c1ccccc1)S(=O)(=O)c1c(C(=O)N2CCCC2)c(C)n(C)c1C.Cc1c(C(=O)N2CCCC2)c(S(=O)(=O)Nc2ccccc2)c(C)n1C.Cc1c(Cl)cccc1NS(=O)(=O)c1c(C(=O)N2CCCC2)c(C)n(C)c1C.Cc1ccccc1NS(=O)(=O)c1c(C(=O)N2CCCC2)c(C)n(C)c1C.Cc1ccccc1NS(=O)(=O)c1c(C(=O)N2CCCC2)c(C)n(C)c1C. The third-order valence-electron chi connectivity index (χ3n) is 25.9. The van der Waals surface area contributed by atoms with Crippen LogP contribution in [0.4, 0.5) is 28.4 Å². The molecule has 706 valence electrons. The minimum Gasteiger partial charge on any atom is -0.350 e. The first-order valence-corrected chi connectivity index (χ1v) is 51.9. The van der Waals surface area contributed by atoms with Crippen molar-refractivity contribution in [2.75, 3.05) is 95.2 Å². The number of nitrogens with zero attached hydrogens (tertiary/aromatic N) is 11. The predicted octanol–water partition coefficient (Wildman–Crippen LogP) is 15.4. The summed E-state index contributed by atoms with van der Waals surface area (Å²) in [6, 6.07) is 37.2. The van der Waals surface area contributed by atoms with Gasteiger partial charge in [0.05, 0.1) is 50.6 Å². The quantitative estimate of drug-likeness (QED) is 0.0519. The number of hydrogen-bond acceptors (Lipinski definition) is 15. The Balaban J connectivity index is 0.000000158. The van der Waals surface area contributed by atoms with Crippen LogP contribution in [0.2, 0.25) is 5.02 Å². The van der Waals surface area contributed by atoms with Gasteiger partial charge in [-0.05, 0) is 226 Å². The van der Waals surface area contributed by atoms with Crippen LogP contribution in [0, 0.1) is 90.0 Å². The van der Waals surface area contributed by atoms with E-state index in [2.05, 4.69) is 18.9 Å². The molecule has 5 saturated heterocycles. The summed E-state index contributed by atoms with van der Waals surface area (Å²) in [4.78, 5) is 74.4. The molecule has 0 unspecified atom stereocenters. The summed E-state index contributed by atoms with van der Waals surface area (Å²) in [6.07, 6.45) is 9.56. The normalized spacial score (nSPS) is 14.7. The van der Waals surface area contributed by atoms with E-state index in [0.717, 1.165) is 75.3 Å². The third-order valence-corrected chi connectivity index (χ3v) is 34.5. The van der Waals surface area contributed by atoms with E-state index in [1.165, 1.54) is 4.31 Å². The first-order chi connectivity index (χ1) is 61.7. The number of carbonyl (C=O) groups excluding carboxylic acids is 5. The van der Waals surface area contributed by atoms with E-state index < -0.39 is 50.1 Å². The van der Waals surface area contributed by atoms with Crippen molar-refractivity contribution < 1.29 is 66.1 Å². The Labute approximate surface area is 777 Å². The first-order valence-electron chi connectivity index (χ1n) is 44.1. The molecule has 0 saturated carbocycles. The molecule has 30 nitrogen and oxygen atoms in total. The molecule has 0 radical (unpaired) electrons. The average Bonchev–Trinajstić information content (AvgIpc) is 1.61. The first kappa shape index (κ1) is 100. The topological polar surface area (TPSA) is 348 Å². The van der Waals surface area contributed by atoms with E-state index in [0.29, 0.717) is 167 Å². The summed E-state index contributed by atoms with van der Waals surface area (Å²) in [5, 5.41) is 0.476. The van der Waals surface area contributed by atoms with Gasteiger partial charge in [-0.25, -0.2) is 42.1 Å². The molecule has 10 heterocycles. The number of hydrogen-bond donors (Lipinski definition) is 4. The fourth-order valence-electron chi connectivity index (χ4n) is 17.5. The lowest BCUT2D eigenvalue weighted by molar-refractivity contribution is 0.0781. The zero-order chi connectivity index (χ0) is 96.0. The highest BCUT2D eigenvalue weighted by Gasteiger charge is 2.41. The summed E-state index contributed by atoms with van der Waals surface area (Å²) in [5.74, 6) is -1.01. The number of para-hydroxylation sites is 4. The summed E-state index contributed by atoms with van der Waals surface area (Å²) in [5.41, 5.74) is 12.4. The van der Waals surface area contributed by atoms with Crippen LogP contribution in [0.1, 0.15) is 197 Å². The van der Waals surface area contributed by atoms with E-state index in [1.54, 1.807) is 231 Å². The standard InChI is InChI=1S/C20H27N3O3S.C19H24ClN3O3S.2C19H25N3O3S.C18H23N3O3S/c1-5-23(17-11-7-6-8-12-17)27(25,26)19-16(3)21(4)15(2)18(19)20(24)22-13-9-10-14-22;1-12-15(20)8-7-9-16(12)21-27(25,26)18-14(3)22(4)13(2)17(18)19(24)23-10-5-6-11-23;2*1-13-9-5-6-10-16(13)20-26(24,25)18-15(3)21(4)14(2)17(18)19(23)22-11-7-8-12-22;1-13-16(18(22)21-11-7-8-12-21)17(14(2)20(13)3)25(23,24)19-15-9-5-4-6-10-15/h6-8,11-12H,5,9-10,13-14H2,1-4H3;7-9,21H,5-6,10-11H2,1-4H3;2*5-6,9-10,20H,7-8,11-12H2,1-4H3;4-6,9-10,19H,7-8,11-12H2,1-3H3. The Bertz CT molecular complexity index is 6430. The maximum Gasteiger partial charge on any atom is 0.266 e. The Hall–Kier alpha value is -11.1. The number of sulfonamides is 5. The number of aromatic nitrogens is 5. The lowest BCUT2D eigenvalue weighted by atomic mass is 10.2. The van der Waals surface area contributed by atoms with Crippen LogP contribution < -0.4 is 23.2 Å². The average molecular weight is 1910 g/mol. The highest BCUT2D eigenvalue weighted by Crippen LogP contribution is 2.39. The summed E-state index contributed by atoms with van der Waals surface area (Å²) < 4.78 is 153. The molecule has 15 rings (SSSR count). The van der Waals surface area contributed by atoms with Crippen molar-refractivity contribution in [3.05, 3.63) is 234 Å². The molecule has 0 aliphatic carbocycles. The predicted molar refractivity (Wildman–Crippen MR) is 515 cm³/mol. The van der Waals surface area contributed by atoms with Gasteiger partial charge in [-0.2, -0.15) is 0 Å². The lowest BCUT2D eigenvalue weighted by Crippen LogP contribution is -2.34. The maximum atomic E-state index is 13.6.